The van der Waals surface area contributed by atoms with E-state index in [-0.39, 0.29) is 12.6 Å². The lowest BCUT2D eigenvalue weighted by atomic mass is 10.0. The number of primary amides is 1. The Hall–Kier alpha value is -1.66. The van der Waals surface area contributed by atoms with Gasteiger partial charge in [-0.25, -0.2) is 9.18 Å². The van der Waals surface area contributed by atoms with Crippen LogP contribution in [-0.2, 0) is 14.2 Å². The molecular weight excluding hydrogens is 253 g/mol. The molecule has 19 heavy (non-hydrogen) atoms. The van der Waals surface area contributed by atoms with Crippen molar-refractivity contribution in [3.8, 4) is 0 Å². The average Bonchev–Trinajstić information content (AvgIpc) is 2.38. The molecule has 6 heteroatoms. The summed E-state index contributed by atoms with van der Waals surface area (Å²) < 4.78 is 27.7. The summed E-state index contributed by atoms with van der Waals surface area (Å²) in [6.07, 6.45) is -0.145. The van der Waals surface area contributed by atoms with Crippen molar-refractivity contribution < 1.29 is 23.4 Å². The predicted octanol–water partition coefficient (Wildman–Crippen LogP) is 2.36. The van der Waals surface area contributed by atoms with Gasteiger partial charge >= 0.3 is 6.09 Å². The summed E-state index contributed by atoms with van der Waals surface area (Å²) in [5.41, 5.74) is 5.73. The van der Waals surface area contributed by atoms with Crippen LogP contribution in [0.5, 0.6) is 0 Å². The Bertz CT molecular complexity index is 383. The molecule has 1 amide bonds. The largest absolute Gasteiger partial charge is 0.442 e. The number of ether oxygens (including phenoxy) is 3. The average molecular weight is 271 g/mol. The second-order valence-electron chi connectivity index (χ2n) is 3.93. The van der Waals surface area contributed by atoms with Crippen LogP contribution in [0, 0.1) is 5.82 Å². The molecule has 0 spiro atoms. The Morgan fingerprint density at radius 1 is 1.37 bits per heavy atom. The smallest absolute Gasteiger partial charge is 0.405 e. The van der Waals surface area contributed by atoms with Crippen molar-refractivity contribution >= 4 is 6.09 Å². The first-order valence-electron chi connectivity index (χ1n) is 5.91. The van der Waals surface area contributed by atoms with Gasteiger partial charge in [-0.15, -0.1) is 0 Å². The topological polar surface area (TPSA) is 70.8 Å². The van der Waals surface area contributed by atoms with E-state index >= 15 is 0 Å². The summed E-state index contributed by atoms with van der Waals surface area (Å²) in [5.74, 6) is -0.343. The minimum atomic E-state index is -0.855. The molecule has 5 nitrogen and oxygen atoms in total. The molecule has 0 unspecified atom stereocenters. The molecular formula is C13H18FNO4. The molecule has 0 radical (unpaired) electrons. The first-order valence-corrected chi connectivity index (χ1v) is 5.91. The first kappa shape index (κ1) is 15.4. The number of halogens is 1. The Labute approximate surface area is 111 Å². The zero-order valence-electron chi connectivity index (χ0n) is 10.8. The van der Waals surface area contributed by atoms with Crippen molar-refractivity contribution in [3.05, 3.63) is 35.6 Å². The van der Waals surface area contributed by atoms with E-state index in [9.17, 15) is 9.18 Å². The van der Waals surface area contributed by atoms with Crippen LogP contribution in [0.4, 0.5) is 9.18 Å². The maximum Gasteiger partial charge on any atom is 0.405 e. The van der Waals surface area contributed by atoms with Crippen LogP contribution in [0.25, 0.3) is 0 Å². The molecule has 0 saturated carbocycles. The lowest BCUT2D eigenvalue weighted by molar-refractivity contribution is -0.0340. The van der Waals surface area contributed by atoms with Crippen molar-refractivity contribution in [1.29, 1.82) is 0 Å². The molecule has 0 saturated heterocycles. The quantitative estimate of drug-likeness (QED) is 0.582. The highest BCUT2D eigenvalue weighted by Gasteiger charge is 2.15. The number of rotatable bonds is 8. The van der Waals surface area contributed by atoms with E-state index in [4.69, 9.17) is 19.9 Å². The number of hydrogen-bond acceptors (Lipinski definition) is 4. The molecule has 1 atom stereocenters. The Balaban J connectivity index is 2.51. The van der Waals surface area contributed by atoms with Crippen LogP contribution in [0.15, 0.2) is 24.3 Å². The lowest BCUT2D eigenvalue weighted by Crippen LogP contribution is -2.18. The summed E-state index contributed by atoms with van der Waals surface area (Å²) >= 11 is 0. The van der Waals surface area contributed by atoms with Gasteiger partial charge in [-0.2, -0.15) is 0 Å². The van der Waals surface area contributed by atoms with E-state index in [1.165, 1.54) is 19.2 Å². The van der Waals surface area contributed by atoms with Gasteiger partial charge in [0.25, 0.3) is 0 Å². The fraction of sp³-hybridized carbons (Fsp3) is 0.462. The zero-order chi connectivity index (χ0) is 14.1. The van der Waals surface area contributed by atoms with Crippen LogP contribution in [0.2, 0.25) is 0 Å². The molecule has 0 fully saturated rings. The van der Waals surface area contributed by atoms with Crippen LogP contribution in [0.1, 0.15) is 24.5 Å². The molecule has 1 aromatic carbocycles. The Kier molecular flexibility index (Phi) is 6.84. The van der Waals surface area contributed by atoms with Crippen LogP contribution in [-0.4, -0.2) is 26.6 Å². The van der Waals surface area contributed by atoms with Gasteiger partial charge in [0.1, 0.15) is 18.7 Å². The van der Waals surface area contributed by atoms with Crippen molar-refractivity contribution in [2.45, 2.75) is 18.9 Å². The second-order valence-corrected chi connectivity index (χ2v) is 3.93. The van der Waals surface area contributed by atoms with Gasteiger partial charge in [-0.1, -0.05) is 12.1 Å². The van der Waals surface area contributed by atoms with Crippen LogP contribution >= 0.6 is 0 Å². The molecule has 106 valence electrons. The summed E-state index contributed by atoms with van der Waals surface area (Å²) in [7, 11) is 1.54. The first-order chi connectivity index (χ1) is 9.13. The summed E-state index contributed by atoms with van der Waals surface area (Å²) in [6, 6.07) is 5.76. The third kappa shape index (κ3) is 6.17. The van der Waals surface area contributed by atoms with E-state index < -0.39 is 12.2 Å². The van der Waals surface area contributed by atoms with Gasteiger partial charge < -0.3 is 19.9 Å². The number of amides is 1. The van der Waals surface area contributed by atoms with Gasteiger partial charge in [0.2, 0.25) is 0 Å². The zero-order valence-corrected chi connectivity index (χ0v) is 10.8. The SMILES string of the molecule is COCOCCC[C@H](OC(N)=O)c1ccc(F)cc1. The highest BCUT2D eigenvalue weighted by atomic mass is 19.1. The van der Waals surface area contributed by atoms with Crippen LogP contribution < -0.4 is 5.73 Å². The van der Waals surface area contributed by atoms with Crippen LogP contribution in [0.3, 0.4) is 0 Å². The highest BCUT2D eigenvalue weighted by Crippen LogP contribution is 2.23. The predicted molar refractivity (Wildman–Crippen MR) is 66.9 cm³/mol. The summed E-state index contributed by atoms with van der Waals surface area (Å²) in [4.78, 5) is 10.9. The summed E-state index contributed by atoms with van der Waals surface area (Å²) in [6.45, 7) is 0.700. The molecule has 1 rings (SSSR count). The Morgan fingerprint density at radius 2 is 2.05 bits per heavy atom. The van der Waals surface area contributed by atoms with Gasteiger partial charge in [0.15, 0.2) is 0 Å². The number of carbonyl (C=O) groups is 1. The number of benzene rings is 1. The maximum absolute atomic E-state index is 12.8. The summed E-state index contributed by atoms with van der Waals surface area (Å²) in [5, 5.41) is 0. The normalized spacial score (nSPS) is 12.1. The molecule has 0 aliphatic heterocycles. The molecule has 0 bridgehead atoms. The minimum absolute atomic E-state index is 0.220. The highest BCUT2D eigenvalue weighted by molar-refractivity contribution is 5.65. The molecule has 1 aromatic rings. The van der Waals surface area contributed by atoms with Crippen molar-refractivity contribution in [1.82, 2.24) is 0 Å². The monoisotopic (exact) mass is 271 g/mol. The van der Waals surface area contributed by atoms with Crippen molar-refractivity contribution in [2.24, 2.45) is 5.73 Å². The van der Waals surface area contributed by atoms with Gasteiger partial charge in [0.05, 0.1) is 0 Å². The Morgan fingerprint density at radius 3 is 2.63 bits per heavy atom. The number of carbonyl (C=O) groups excluding carboxylic acids is 1. The van der Waals surface area contributed by atoms with E-state index in [2.05, 4.69) is 0 Å². The molecule has 0 aromatic heterocycles. The van der Waals surface area contributed by atoms with Gasteiger partial charge in [0, 0.05) is 13.7 Å². The van der Waals surface area contributed by atoms with E-state index in [1.54, 1.807) is 12.1 Å². The van der Waals surface area contributed by atoms with Gasteiger partial charge in [-0.3, -0.25) is 0 Å². The number of nitrogens with two attached hydrogens (primary N) is 1. The maximum atomic E-state index is 12.8. The van der Waals surface area contributed by atoms with Crippen molar-refractivity contribution in [3.63, 3.8) is 0 Å². The van der Waals surface area contributed by atoms with E-state index in [0.717, 1.165) is 0 Å². The van der Waals surface area contributed by atoms with E-state index in [0.29, 0.717) is 25.0 Å². The fourth-order valence-corrected chi connectivity index (χ4v) is 1.62. The van der Waals surface area contributed by atoms with Crippen molar-refractivity contribution in [2.75, 3.05) is 20.5 Å². The fourth-order valence-electron chi connectivity index (χ4n) is 1.62. The van der Waals surface area contributed by atoms with Gasteiger partial charge in [-0.05, 0) is 30.5 Å². The second kappa shape index (κ2) is 8.44. The lowest BCUT2D eigenvalue weighted by Gasteiger charge is -2.17. The third-order valence-corrected chi connectivity index (χ3v) is 2.46. The molecule has 0 aliphatic rings. The molecule has 0 heterocycles. The minimum Gasteiger partial charge on any atom is -0.442 e. The molecule has 0 aliphatic carbocycles. The molecule has 2 N–H and O–H groups in total. The number of hydrogen-bond donors (Lipinski definition) is 1. The van der Waals surface area contributed by atoms with E-state index in [1.807, 2.05) is 0 Å². The third-order valence-electron chi connectivity index (χ3n) is 2.46. The number of methoxy groups -OCH3 is 1. The standard InChI is InChI=1S/C13H18FNO4/c1-17-9-18-8-2-3-12(19-13(15)16)10-4-6-11(14)7-5-10/h4-7,12H,2-3,8-9H2,1H3,(H2,15,16)/t12-/m0/s1.